The maximum absolute atomic E-state index is 13.4. The fourth-order valence-electron chi connectivity index (χ4n) is 2.25. The molecule has 0 aliphatic heterocycles. The monoisotopic (exact) mass is 512 g/mol. The molecule has 0 aromatic heterocycles. The summed E-state index contributed by atoms with van der Waals surface area (Å²) in [4.78, 5) is 14.2. The number of rotatable bonds is 7. The van der Waals surface area contributed by atoms with Crippen molar-refractivity contribution in [3.05, 3.63) is 63.6 Å². The zero-order chi connectivity index (χ0) is 23.2. The van der Waals surface area contributed by atoms with Crippen molar-refractivity contribution in [2.24, 2.45) is 4.99 Å². The van der Waals surface area contributed by atoms with E-state index in [1.54, 1.807) is 32.0 Å². The average molecular weight is 514 g/mol. The number of benzene rings is 2. The summed E-state index contributed by atoms with van der Waals surface area (Å²) < 4.78 is 36.9. The Morgan fingerprint density at radius 2 is 1.68 bits per heavy atom. The van der Waals surface area contributed by atoms with Crippen molar-refractivity contribution in [2.75, 3.05) is 0 Å². The smallest absolute Gasteiger partial charge is 0.428 e. The van der Waals surface area contributed by atoms with E-state index < -0.39 is 17.0 Å². The number of carbonyl (C=O) groups excluding carboxylic acids is 1. The number of urea groups is 1. The highest BCUT2D eigenvalue weighted by Crippen LogP contribution is 2.30. The molecule has 31 heavy (non-hydrogen) atoms. The molecule has 0 fully saturated rings. The van der Waals surface area contributed by atoms with Crippen LogP contribution in [0.3, 0.4) is 0 Å². The third-order valence-corrected chi connectivity index (χ3v) is 4.74. The Bertz CT molecular complexity index is 918. The number of ether oxygens (including phenoxy) is 2. The van der Waals surface area contributed by atoms with E-state index in [0.717, 1.165) is 0 Å². The summed E-state index contributed by atoms with van der Waals surface area (Å²) in [5, 5.41) is 3.14. The Morgan fingerprint density at radius 1 is 1.10 bits per heavy atom. The summed E-state index contributed by atoms with van der Waals surface area (Å²) in [5.41, 5.74) is 0.906. The van der Waals surface area contributed by atoms with Gasteiger partial charge in [-0.25, -0.2) is 4.79 Å². The fraction of sp³-hybridized carbons (Fsp3) is 0.300. The molecule has 1 N–H and O–H groups in total. The van der Waals surface area contributed by atoms with Crippen molar-refractivity contribution >= 4 is 58.3 Å². The molecular weight excluding hydrogens is 496 g/mol. The third kappa shape index (κ3) is 7.68. The van der Waals surface area contributed by atoms with Crippen molar-refractivity contribution in [1.29, 1.82) is 0 Å². The van der Waals surface area contributed by atoms with Gasteiger partial charge in [-0.3, -0.25) is 0 Å². The lowest BCUT2D eigenvalue weighted by atomic mass is 10.2. The second kappa shape index (κ2) is 11.2. The van der Waals surface area contributed by atoms with Gasteiger partial charge in [0.25, 0.3) is 0 Å². The van der Waals surface area contributed by atoms with E-state index in [1.165, 1.54) is 24.3 Å². The lowest BCUT2D eigenvalue weighted by molar-refractivity contribution is -0.163. The summed E-state index contributed by atoms with van der Waals surface area (Å²) in [6.45, 7) is 3.60. The molecule has 0 radical (unpaired) electrons. The zero-order valence-corrected chi connectivity index (χ0v) is 19.4. The van der Waals surface area contributed by atoms with Crippen LogP contribution in [0.2, 0.25) is 10.0 Å². The van der Waals surface area contributed by atoms with Gasteiger partial charge in [-0.2, -0.15) is 13.8 Å². The number of halogens is 6. The van der Waals surface area contributed by atoms with Gasteiger partial charge in [-0.05, 0) is 43.7 Å². The lowest BCUT2D eigenvalue weighted by Crippen LogP contribution is -2.32. The highest BCUT2D eigenvalue weighted by Gasteiger charge is 2.40. The second-order valence-electron chi connectivity index (χ2n) is 6.45. The van der Waals surface area contributed by atoms with Crippen LogP contribution in [0.15, 0.2) is 47.5 Å². The van der Waals surface area contributed by atoms with Gasteiger partial charge < -0.3 is 14.8 Å². The number of nitrogens with zero attached hydrogens (tertiary/aromatic N) is 1. The van der Waals surface area contributed by atoms with Crippen LogP contribution < -0.4 is 10.1 Å². The van der Waals surface area contributed by atoms with Crippen LogP contribution in [0.4, 0.5) is 13.6 Å². The number of hydrogen-bond donors (Lipinski definition) is 1. The molecule has 11 heteroatoms. The van der Waals surface area contributed by atoms with Crippen molar-refractivity contribution in [3.63, 3.8) is 0 Å². The van der Waals surface area contributed by atoms with Crippen LogP contribution in [0, 0.1) is 0 Å². The van der Waals surface area contributed by atoms with Crippen LogP contribution in [-0.4, -0.2) is 29.0 Å². The fourth-order valence-corrected chi connectivity index (χ4v) is 2.90. The molecule has 2 amide bonds. The van der Waals surface area contributed by atoms with E-state index in [4.69, 9.17) is 51.1 Å². The average Bonchev–Trinajstić information content (AvgIpc) is 2.66. The normalized spacial score (nSPS) is 12.3. The van der Waals surface area contributed by atoms with Crippen molar-refractivity contribution in [2.45, 2.75) is 37.4 Å². The maximum atomic E-state index is 13.4. The van der Waals surface area contributed by atoms with Gasteiger partial charge in [-0.15, -0.1) is 0 Å². The van der Waals surface area contributed by atoms with Gasteiger partial charge in [0.2, 0.25) is 10.7 Å². The molecule has 0 saturated heterocycles. The first kappa shape index (κ1) is 25.5. The van der Waals surface area contributed by atoms with Crippen molar-refractivity contribution in [3.8, 4) is 5.75 Å². The molecule has 0 heterocycles. The molecule has 2 aromatic carbocycles. The molecule has 0 unspecified atom stereocenters. The molecule has 0 aliphatic rings. The topological polar surface area (TPSA) is 59.9 Å². The molecular formula is C20H18Cl4F2N2O3. The third-order valence-electron chi connectivity index (χ3n) is 3.60. The zero-order valence-electron chi connectivity index (χ0n) is 16.3. The molecule has 5 nitrogen and oxygen atoms in total. The second-order valence-corrected chi connectivity index (χ2v) is 8.36. The molecule has 0 aliphatic carbocycles. The largest absolute Gasteiger partial charge is 0.474 e. The first-order valence-corrected chi connectivity index (χ1v) is 10.5. The maximum Gasteiger partial charge on any atom is 0.428 e. The van der Waals surface area contributed by atoms with E-state index in [-0.39, 0.29) is 34.3 Å². The highest BCUT2D eigenvalue weighted by atomic mass is 35.5. The lowest BCUT2D eigenvalue weighted by Gasteiger charge is -2.18. The standard InChI is InChI=1S/C20H18Cl4F2N2O3/c1-11(2)30-17(16-14(21)4-3-5-15(16)22)28-19(29)27-10-12-6-8-13(9-7-12)31-20(25,26)18(23)24/h3-9,11,18H,10H2,1-2H3,(H,27,29). The molecule has 2 aromatic rings. The Labute approximate surface area is 198 Å². The minimum atomic E-state index is -3.74. The summed E-state index contributed by atoms with van der Waals surface area (Å²) in [6.07, 6.45) is -4.02. The summed E-state index contributed by atoms with van der Waals surface area (Å²) in [6, 6.07) is 9.73. The van der Waals surface area contributed by atoms with Crippen molar-refractivity contribution < 1.29 is 23.0 Å². The first-order chi connectivity index (χ1) is 14.5. The summed E-state index contributed by atoms with van der Waals surface area (Å²) in [7, 11) is 0. The molecule has 2 rings (SSSR count). The van der Waals surface area contributed by atoms with Gasteiger partial charge in [0.05, 0.1) is 21.7 Å². The quantitative estimate of drug-likeness (QED) is 0.250. The van der Waals surface area contributed by atoms with Crippen molar-refractivity contribution in [1.82, 2.24) is 5.32 Å². The Hall–Kier alpha value is -1.80. The number of carbonyl (C=O) groups is 1. The Morgan fingerprint density at radius 3 is 2.19 bits per heavy atom. The molecule has 0 saturated carbocycles. The molecule has 0 atom stereocenters. The highest BCUT2D eigenvalue weighted by molar-refractivity contribution is 6.44. The molecule has 168 valence electrons. The summed E-state index contributed by atoms with van der Waals surface area (Å²) in [5.74, 6) is -0.156. The van der Waals surface area contributed by atoms with Crippen LogP contribution in [-0.2, 0) is 11.3 Å². The van der Waals surface area contributed by atoms with Gasteiger partial charge in [0.1, 0.15) is 5.75 Å². The SMILES string of the molecule is CC(C)OC(=NC(=O)NCc1ccc(OC(F)(F)C(Cl)Cl)cc1)c1c(Cl)cccc1Cl. The Balaban J connectivity index is 2.08. The van der Waals surface area contributed by atoms with Crippen LogP contribution in [0.5, 0.6) is 5.75 Å². The van der Waals surface area contributed by atoms with Crippen LogP contribution in [0.25, 0.3) is 0 Å². The minimum absolute atomic E-state index is 0.0224. The number of aliphatic imine (C=N–C) groups is 1. The van der Waals surface area contributed by atoms with E-state index in [0.29, 0.717) is 11.1 Å². The minimum Gasteiger partial charge on any atom is -0.474 e. The predicted molar refractivity (Wildman–Crippen MR) is 119 cm³/mol. The van der Waals surface area contributed by atoms with Crippen LogP contribution in [0.1, 0.15) is 25.0 Å². The first-order valence-electron chi connectivity index (χ1n) is 8.91. The predicted octanol–water partition coefficient (Wildman–Crippen LogP) is 6.85. The number of amides is 2. The van der Waals surface area contributed by atoms with Gasteiger partial charge >= 0.3 is 12.1 Å². The van der Waals surface area contributed by atoms with E-state index in [9.17, 15) is 13.6 Å². The van der Waals surface area contributed by atoms with Gasteiger partial charge in [-0.1, -0.05) is 64.6 Å². The number of alkyl halides is 4. The number of nitrogens with one attached hydrogen (secondary N) is 1. The Kier molecular flexibility index (Phi) is 9.18. The number of hydrogen-bond acceptors (Lipinski definition) is 3. The van der Waals surface area contributed by atoms with E-state index in [2.05, 4.69) is 15.0 Å². The molecule has 0 spiro atoms. The summed E-state index contributed by atoms with van der Waals surface area (Å²) >= 11 is 22.7. The van der Waals surface area contributed by atoms with E-state index >= 15 is 0 Å². The van der Waals surface area contributed by atoms with E-state index in [1.807, 2.05) is 0 Å². The van der Waals surface area contributed by atoms with Gasteiger partial charge in [0, 0.05) is 6.54 Å². The van der Waals surface area contributed by atoms with Gasteiger partial charge in [0.15, 0.2) is 0 Å². The van der Waals surface area contributed by atoms with Crippen LogP contribution >= 0.6 is 46.4 Å². The molecule has 0 bridgehead atoms.